The molecule has 0 radical (unpaired) electrons. The number of carbonyl (C=O) groups excluding carboxylic acids is 4. The van der Waals surface area contributed by atoms with Gasteiger partial charge < -0.3 is 10.6 Å². The van der Waals surface area contributed by atoms with E-state index in [1.54, 1.807) is 103 Å². The summed E-state index contributed by atoms with van der Waals surface area (Å²) >= 11 is 7.46. The predicted octanol–water partition coefficient (Wildman–Crippen LogP) is 6.14. The van der Waals surface area contributed by atoms with Crippen LogP contribution < -0.4 is 10.6 Å². The highest BCUT2D eigenvalue weighted by atomic mass is 35.5. The van der Waals surface area contributed by atoms with Crippen molar-refractivity contribution in [3.05, 3.63) is 136 Å². The molecule has 9 heteroatoms. The Hall–Kier alpha value is -4.66. The molecule has 0 bridgehead atoms. The van der Waals surface area contributed by atoms with E-state index in [2.05, 4.69) is 10.6 Å². The zero-order chi connectivity index (χ0) is 28.8. The number of hydrogen-bond donors (Lipinski definition) is 2. The van der Waals surface area contributed by atoms with Crippen molar-refractivity contribution in [1.82, 2.24) is 10.2 Å². The molecule has 0 spiro atoms. The summed E-state index contributed by atoms with van der Waals surface area (Å²) in [5.41, 5.74) is 2.54. The highest BCUT2D eigenvalue weighted by Crippen LogP contribution is 2.26. The van der Waals surface area contributed by atoms with E-state index < -0.39 is 11.8 Å². The molecule has 4 aromatic carbocycles. The fourth-order valence-electron chi connectivity index (χ4n) is 4.23. The molecule has 4 amide bonds. The molecule has 2 N–H and O–H groups in total. The Balaban J connectivity index is 1.26. The summed E-state index contributed by atoms with van der Waals surface area (Å²) in [6, 6.07) is 29.5. The fourth-order valence-corrected chi connectivity index (χ4v) is 5.25. The molecule has 0 fully saturated rings. The smallest absolute Gasteiger partial charge is 0.272 e. The average molecular weight is 582 g/mol. The molecule has 0 saturated heterocycles. The maximum Gasteiger partial charge on any atom is 0.272 e. The van der Waals surface area contributed by atoms with Gasteiger partial charge in [-0.2, -0.15) is 0 Å². The number of rotatable bonds is 9. The first-order valence-electron chi connectivity index (χ1n) is 12.7. The largest absolute Gasteiger partial charge is 0.321 e. The molecular weight excluding hydrogens is 558 g/mol. The van der Waals surface area contributed by atoms with Crippen LogP contribution in [-0.2, 0) is 4.79 Å². The Morgan fingerprint density at radius 2 is 1.46 bits per heavy atom. The van der Waals surface area contributed by atoms with Crippen LogP contribution in [0.1, 0.15) is 36.6 Å². The lowest BCUT2D eigenvalue weighted by Gasteiger charge is -2.14. The van der Waals surface area contributed by atoms with Gasteiger partial charge in [0.15, 0.2) is 0 Å². The fraction of sp³-hybridized carbons (Fsp3) is 0.0625. The lowest BCUT2D eigenvalue weighted by Crippen LogP contribution is -2.31. The van der Waals surface area contributed by atoms with E-state index in [1.807, 2.05) is 6.07 Å². The third-order valence-corrected chi connectivity index (χ3v) is 7.49. The molecule has 1 aliphatic heterocycles. The normalized spacial score (nSPS) is 12.7. The summed E-state index contributed by atoms with van der Waals surface area (Å²) in [5.74, 6) is -1.01. The average Bonchev–Trinajstić information content (AvgIpc) is 3.23. The van der Waals surface area contributed by atoms with Gasteiger partial charge in [0.2, 0.25) is 0 Å². The number of carbonyl (C=O) groups is 4. The van der Waals surface area contributed by atoms with Crippen molar-refractivity contribution in [2.24, 2.45) is 0 Å². The zero-order valence-corrected chi connectivity index (χ0v) is 23.2. The predicted molar refractivity (Wildman–Crippen MR) is 161 cm³/mol. The molecule has 0 unspecified atom stereocenters. The summed E-state index contributed by atoms with van der Waals surface area (Å²) in [6.45, 7) is 0.257. The third-order valence-electron chi connectivity index (χ3n) is 6.26. The Kier molecular flexibility index (Phi) is 8.62. The second kappa shape index (κ2) is 12.7. The Labute approximate surface area is 246 Å². The van der Waals surface area contributed by atoms with E-state index in [1.165, 1.54) is 16.7 Å². The standard InChI is InChI=1S/C32H24ClN3O4S/c33-23-15-13-21(14-16-23)19-28(35-29(37)22-7-2-1-3-8-22)30(38)34-24-9-6-10-25(20-24)41-18-17-36-31(39)26-11-4-5-12-27(26)32(36)40/h1-16,19-20H,17-18H2,(H,34,38)(H,35,37)/b28-19+. The van der Waals surface area contributed by atoms with E-state index in [4.69, 9.17) is 11.6 Å². The van der Waals surface area contributed by atoms with Crippen LogP contribution in [0.25, 0.3) is 6.08 Å². The van der Waals surface area contributed by atoms with Crippen molar-refractivity contribution >= 4 is 58.8 Å². The maximum absolute atomic E-state index is 13.3. The molecule has 4 aromatic rings. The molecular formula is C32H24ClN3O4S. The summed E-state index contributed by atoms with van der Waals surface area (Å²) in [7, 11) is 0. The molecule has 0 aromatic heterocycles. The van der Waals surface area contributed by atoms with Crippen molar-refractivity contribution < 1.29 is 19.2 Å². The molecule has 0 atom stereocenters. The van der Waals surface area contributed by atoms with Crippen molar-refractivity contribution in [3.63, 3.8) is 0 Å². The molecule has 1 heterocycles. The van der Waals surface area contributed by atoms with Crippen LogP contribution in [0.3, 0.4) is 0 Å². The Morgan fingerprint density at radius 3 is 2.15 bits per heavy atom. The molecule has 0 aliphatic carbocycles. The third kappa shape index (κ3) is 6.74. The van der Waals surface area contributed by atoms with Crippen LogP contribution >= 0.6 is 23.4 Å². The van der Waals surface area contributed by atoms with Crippen molar-refractivity contribution in [3.8, 4) is 0 Å². The number of anilines is 1. The first-order valence-corrected chi connectivity index (χ1v) is 14.1. The number of imide groups is 1. The van der Waals surface area contributed by atoms with Crippen LogP contribution in [0.4, 0.5) is 5.69 Å². The van der Waals surface area contributed by atoms with Gasteiger partial charge in [0, 0.05) is 33.5 Å². The highest BCUT2D eigenvalue weighted by Gasteiger charge is 2.34. The Bertz CT molecular complexity index is 1620. The van der Waals surface area contributed by atoms with Crippen LogP contribution in [0.2, 0.25) is 5.02 Å². The minimum absolute atomic E-state index is 0.0601. The van der Waals surface area contributed by atoms with Crippen molar-refractivity contribution in [2.75, 3.05) is 17.6 Å². The second-order valence-corrected chi connectivity index (χ2v) is 10.7. The number of nitrogens with zero attached hydrogens (tertiary/aromatic N) is 1. The molecule has 41 heavy (non-hydrogen) atoms. The van der Waals surface area contributed by atoms with Crippen LogP contribution in [0, 0.1) is 0 Å². The van der Waals surface area contributed by atoms with Crippen LogP contribution in [0.15, 0.2) is 114 Å². The number of nitrogens with one attached hydrogen (secondary N) is 2. The van der Waals surface area contributed by atoms with E-state index >= 15 is 0 Å². The highest BCUT2D eigenvalue weighted by molar-refractivity contribution is 7.99. The van der Waals surface area contributed by atoms with E-state index in [-0.39, 0.29) is 24.1 Å². The van der Waals surface area contributed by atoms with Crippen LogP contribution in [0.5, 0.6) is 0 Å². The first kappa shape index (κ1) is 27.9. The van der Waals surface area contributed by atoms with Crippen molar-refractivity contribution in [2.45, 2.75) is 4.90 Å². The zero-order valence-electron chi connectivity index (χ0n) is 21.7. The second-order valence-electron chi connectivity index (χ2n) is 9.07. The summed E-state index contributed by atoms with van der Waals surface area (Å²) in [5, 5.41) is 6.12. The molecule has 204 valence electrons. The number of benzene rings is 4. The van der Waals surface area contributed by atoms with Gasteiger partial charge in [0.05, 0.1) is 11.1 Å². The lowest BCUT2D eigenvalue weighted by molar-refractivity contribution is -0.113. The maximum atomic E-state index is 13.3. The number of amides is 4. The minimum atomic E-state index is -0.502. The number of halogens is 1. The van der Waals surface area contributed by atoms with Gasteiger partial charge in [0.25, 0.3) is 23.6 Å². The molecule has 5 rings (SSSR count). The van der Waals surface area contributed by atoms with Gasteiger partial charge in [-0.3, -0.25) is 24.1 Å². The SMILES string of the molecule is O=C(Nc1cccc(SCCN2C(=O)c3ccccc3C2=O)c1)/C(=C\c1ccc(Cl)cc1)NC(=O)c1ccccc1. The van der Waals surface area contributed by atoms with Gasteiger partial charge in [-0.15, -0.1) is 11.8 Å². The lowest BCUT2D eigenvalue weighted by atomic mass is 10.1. The van der Waals surface area contributed by atoms with Gasteiger partial charge in [-0.05, 0) is 66.2 Å². The van der Waals surface area contributed by atoms with Crippen LogP contribution in [-0.4, -0.2) is 40.8 Å². The first-order chi connectivity index (χ1) is 19.9. The van der Waals surface area contributed by atoms with Gasteiger partial charge in [-0.1, -0.05) is 60.1 Å². The quantitative estimate of drug-likeness (QED) is 0.141. The number of fused-ring (bicyclic) bond motifs is 1. The Morgan fingerprint density at radius 1 is 0.805 bits per heavy atom. The summed E-state index contributed by atoms with van der Waals surface area (Å²) in [4.78, 5) is 53.5. The molecule has 1 aliphatic rings. The van der Waals surface area contributed by atoms with E-state index in [0.717, 1.165) is 4.90 Å². The van der Waals surface area contributed by atoms with Crippen molar-refractivity contribution in [1.29, 1.82) is 0 Å². The van der Waals surface area contributed by atoms with Gasteiger partial charge >= 0.3 is 0 Å². The topological polar surface area (TPSA) is 95.6 Å². The van der Waals surface area contributed by atoms with Gasteiger partial charge in [0.1, 0.15) is 5.70 Å². The van der Waals surface area contributed by atoms with E-state index in [0.29, 0.717) is 38.7 Å². The summed E-state index contributed by atoms with van der Waals surface area (Å²) in [6.07, 6.45) is 1.58. The van der Waals surface area contributed by atoms with E-state index in [9.17, 15) is 19.2 Å². The minimum Gasteiger partial charge on any atom is -0.321 e. The monoisotopic (exact) mass is 581 g/mol. The molecule has 0 saturated carbocycles. The number of hydrogen-bond acceptors (Lipinski definition) is 5. The molecule has 7 nitrogen and oxygen atoms in total. The number of thioether (sulfide) groups is 1. The summed E-state index contributed by atoms with van der Waals surface area (Å²) < 4.78 is 0. The van der Waals surface area contributed by atoms with Gasteiger partial charge in [-0.25, -0.2) is 0 Å².